The van der Waals surface area contributed by atoms with Gasteiger partial charge in [0.25, 0.3) is 0 Å². The van der Waals surface area contributed by atoms with Crippen LogP contribution in [0.3, 0.4) is 0 Å². The fourth-order valence-electron chi connectivity index (χ4n) is 2.64. The molecule has 1 N–H and O–H groups in total. The first-order valence-corrected chi connectivity index (χ1v) is 7.63. The Balaban J connectivity index is 2.04. The molecule has 1 heterocycles. The molecule has 0 fully saturated rings. The fourth-order valence-corrected chi connectivity index (χ4v) is 2.64. The number of ether oxygens (including phenoxy) is 3. The molecule has 3 rings (SSSR count). The van der Waals surface area contributed by atoms with E-state index in [1.165, 1.54) is 0 Å². The van der Waals surface area contributed by atoms with Crippen molar-refractivity contribution in [1.29, 1.82) is 0 Å². The summed E-state index contributed by atoms with van der Waals surface area (Å²) >= 11 is 0. The Morgan fingerprint density at radius 2 is 1.67 bits per heavy atom. The molecule has 2 aromatic carbocycles. The summed E-state index contributed by atoms with van der Waals surface area (Å²) in [6, 6.07) is 11.5. The van der Waals surface area contributed by atoms with Crippen molar-refractivity contribution < 1.29 is 14.2 Å². The molecule has 24 heavy (non-hydrogen) atoms. The highest BCUT2D eigenvalue weighted by molar-refractivity contribution is 5.88. The molecular formula is C19H20N2O3. The molecule has 0 radical (unpaired) electrons. The fraction of sp³-hybridized carbons (Fsp3) is 0.211. The Morgan fingerprint density at radius 3 is 2.33 bits per heavy atom. The van der Waals surface area contributed by atoms with E-state index in [2.05, 4.69) is 10.3 Å². The van der Waals surface area contributed by atoms with Gasteiger partial charge in [-0.25, -0.2) is 0 Å². The van der Waals surface area contributed by atoms with Crippen molar-refractivity contribution >= 4 is 16.6 Å². The van der Waals surface area contributed by atoms with Crippen molar-refractivity contribution in [2.45, 2.75) is 6.92 Å². The minimum atomic E-state index is 0.642. The van der Waals surface area contributed by atoms with E-state index in [1.807, 2.05) is 50.4 Å². The maximum absolute atomic E-state index is 6.08. The predicted molar refractivity (Wildman–Crippen MR) is 95.6 cm³/mol. The molecule has 0 unspecified atom stereocenters. The molecule has 1 aromatic heterocycles. The van der Waals surface area contributed by atoms with Crippen molar-refractivity contribution in [1.82, 2.24) is 4.98 Å². The number of aryl methyl sites for hydroxylation is 1. The van der Waals surface area contributed by atoms with E-state index in [0.717, 1.165) is 33.7 Å². The quantitative estimate of drug-likeness (QED) is 0.754. The number of hydrogen-bond acceptors (Lipinski definition) is 5. The van der Waals surface area contributed by atoms with Gasteiger partial charge in [-0.15, -0.1) is 0 Å². The van der Waals surface area contributed by atoms with Crippen LogP contribution in [-0.4, -0.2) is 26.3 Å². The first-order valence-electron chi connectivity index (χ1n) is 7.63. The van der Waals surface area contributed by atoms with Crippen LogP contribution in [0.1, 0.15) is 5.56 Å². The van der Waals surface area contributed by atoms with Gasteiger partial charge in [0.1, 0.15) is 11.5 Å². The molecule has 0 spiro atoms. The molecule has 0 amide bonds. The van der Waals surface area contributed by atoms with Crippen LogP contribution >= 0.6 is 0 Å². The lowest BCUT2D eigenvalue weighted by atomic mass is 10.1. The lowest BCUT2D eigenvalue weighted by Crippen LogP contribution is -1.94. The monoisotopic (exact) mass is 324 g/mol. The highest BCUT2D eigenvalue weighted by Gasteiger charge is 2.11. The van der Waals surface area contributed by atoms with Gasteiger partial charge < -0.3 is 19.5 Å². The lowest BCUT2D eigenvalue weighted by Gasteiger charge is -2.13. The number of benzene rings is 2. The van der Waals surface area contributed by atoms with Crippen LogP contribution in [0.25, 0.3) is 10.9 Å². The third-order valence-corrected chi connectivity index (χ3v) is 3.90. The van der Waals surface area contributed by atoms with Gasteiger partial charge >= 0.3 is 0 Å². The molecular weight excluding hydrogens is 304 g/mol. The van der Waals surface area contributed by atoms with Crippen LogP contribution in [0.5, 0.6) is 23.0 Å². The summed E-state index contributed by atoms with van der Waals surface area (Å²) < 4.78 is 16.8. The summed E-state index contributed by atoms with van der Waals surface area (Å²) in [6.07, 6.45) is 1.72. The molecule has 0 atom stereocenters. The number of nitrogens with zero attached hydrogens (tertiary/aromatic N) is 1. The van der Waals surface area contributed by atoms with Gasteiger partial charge in [0.15, 0.2) is 11.5 Å². The molecule has 5 heteroatoms. The van der Waals surface area contributed by atoms with Gasteiger partial charge in [-0.2, -0.15) is 0 Å². The molecule has 0 aliphatic rings. The highest BCUT2D eigenvalue weighted by atomic mass is 16.5. The number of rotatable bonds is 5. The zero-order valence-corrected chi connectivity index (χ0v) is 14.2. The number of nitrogens with one attached hydrogen (secondary N) is 1. The molecule has 124 valence electrons. The van der Waals surface area contributed by atoms with E-state index in [1.54, 1.807) is 20.4 Å². The zero-order valence-electron chi connectivity index (χ0n) is 14.2. The van der Waals surface area contributed by atoms with Crippen molar-refractivity contribution in [2.75, 3.05) is 26.6 Å². The molecule has 3 aromatic rings. The summed E-state index contributed by atoms with van der Waals surface area (Å²) in [6.45, 7) is 2.04. The topological polar surface area (TPSA) is 52.6 Å². The van der Waals surface area contributed by atoms with Crippen LogP contribution in [0, 0.1) is 6.92 Å². The van der Waals surface area contributed by atoms with Crippen LogP contribution < -0.4 is 19.5 Å². The van der Waals surface area contributed by atoms with Gasteiger partial charge in [-0.3, -0.25) is 4.98 Å². The average Bonchev–Trinajstić information content (AvgIpc) is 2.61. The van der Waals surface area contributed by atoms with Crippen molar-refractivity contribution in [3.8, 4) is 23.0 Å². The average molecular weight is 324 g/mol. The Kier molecular flexibility index (Phi) is 4.42. The Morgan fingerprint density at radius 1 is 0.917 bits per heavy atom. The number of anilines is 1. The maximum atomic E-state index is 6.08. The maximum Gasteiger partial charge on any atom is 0.162 e. The minimum Gasteiger partial charge on any atom is -0.493 e. The SMILES string of the molecule is CNc1ccc(Oc2ccnc3cc(OC)c(OC)cc23)cc1C. The standard InChI is InChI=1S/C19H20N2O3/c1-12-9-13(5-6-15(12)20-2)24-17-7-8-21-16-11-19(23-4)18(22-3)10-14(16)17/h5-11,20H,1-4H3. The molecule has 0 aliphatic carbocycles. The van der Waals surface area contributed by atoms with Gasteiger partial charge in [0.2, 0.25) is 0 Å². The molecule has 0 bridgehead atoms. The predicted octanol–water partition coefficient (Wildman–Crippen LogP) is 4.39. The number of aromatic nitrogens is 1. The molecule has 0 saturated carbocycles. The Hall–Kier alpha value is -2.95. The minimum absolute atomic E-state index is 0.642. The first kappa shape index (κ1) is 15.9. The van der Waals surface area contributed by atoms with E-state index in [9.17, 15) is 0 Å². The first-order chi connectivity index (χ1) is 11.7. The summed E-state index contributed by atoms with van der Waals surface area (Å²) in [5, 5.41) is 4.01. The Labute approximate surface area is 141 Å². The van der Waals surface area contributed by atoms with Crippen LogP contribution in [0.15, 0.2) is 42.6 Å². The van der Waals surface area contributed by atoms with Crippen LogP contribution in [0.4, 0.5) is 5.69 Å². The second kappa shape index (κ2) is 6.66. The summed E-state index contributed by atoms with van der Waals surface area (Å²) in [5.74, 6) is 2.78. The van der Waals surface area contributed by atoms with Gasteiger partial charge in [-0.05, 0) is 42.8 Å². The van der Waals surface area contributed by atoms with Crippen molar-refractivity contribution in [3.63, 3.8) is 0 Å². The number of hydrogen-bond donors (Lipinski definition) is 1. The van der Waals surface area contributed by atoms with Gasteiger partial charge in [-0.1, -0.05) is 0 Å². The number of pyridine rings is 1. The summed E-state index contributed by atoms with van der Waals surface area (Å²) in [7, 11) is 5.12. The van der Waals surface area contributed by atoms with Crippen LogP contribution in [0.2, 0.25) is 0 Å². The van der Waals surface area contributed by atoms with E-state index >= 15 is 0 Å². The van der Waals surface area contributed by atoms with Crippen molar-refractivity contribution in [3.05, 3.63) is 48.2 Å². The molecule has 0 saturated heterocycles. The lowest BCUT2D eigenvalue weighted by molar-refractivity contribution is 0.355. The van der Waals surface area contributed by atoms with Crippen LogP contribution in [-0.2, 0) is 0 Å². The highest BCUT2D eigenvalue weighted by Crippen LogP contribution is 2.37. The number of fused-ring (bicyclic) bond motifs is 1. The Bertz CT molecular complexity index is 878. The smallest absolute Gasteiger partial charge is 0.162 e. The molecule has 0 aliphatic heterocycles. The third kappa shape index (κ3) is 2.93. The molecule has 5 nitrogen and oxygen atoms in total. The summed E-state index contributed by atoms with van der Waals surface area (Å²) in [4.78, 5) is 4.39. The van der Waals surface area contributed by atoms with E-state index in [-0.39, 0.29) is 0 Å². The van der Waals surface area contributed by atoms with Crippen molar-refractivity contribution in [2.24, 2.45) is 0 Å². The second-order valence-electron chi connectivity index (χ2n) is 5.36. The normalized spacial score (nSPS) is 10.5. The summed E-state index contributed by atoms with van der Waals surface area (Å²) in [5.41, 5.74) is 2.98. The largest absolute Gasteiger partial charge is 0.493 e. The third-order valence-electron chi connectivity index (χ3n) is 3.90. The van der Waals surface area contributed by atoms with E-state index < -0.39 is 0 Å². The van der Waals surface area contributed by atoms with Gasteiger partial charge in [0.05, 0.1) is 19.7 Å². The van der Waals surface area contributed by atoms with Gasteiger partial charge in [0, 0.05) is 30.4 Å². The van der Waals surface area contributed by atoms with E-state index in [0.29, 0.717) is 11.5 Å². The number of methoxy groups -OCH3 is 2. The zero-order chi connectivity index (χ0) is 17.1. The second-order valence-corrected chi connectivity index (χ2v) is 5.36. The van der Waals surface area contributed by atoms with E-state index in [4.69, 9.17) is 14.2 Å².